The molecule has 1 heterocycles. The molecule has 1 rings (SSSR count). The summed E-state index contributed by atoms with van der Waals surface area (Å²) in [4.78, 5) is 3.75. The zero-order valence-electron chi connectivity index (χ0n) is 8.46. The van der Waals surface area contributed by atoms with Crippen LogP contribution in [0.4, 0.5) is 23.4 Å². The highest BCUT2D eigenvalue weighted by Crippen LogP contribution is 2.23. The van der Waals surface area contributed by atoms with E-state index in [1.54, 1.807) is 0 Å². The van der Waals surface area contributed by atoms with Crippen LogP contribution in [-0.2, 0) is 0 Å². The van der Waals surface area contributed by atoms with Gasteiger partial charge in [-0.05, 0) is 12.1 Å². The summed E-state index contributed by atoms with van der Waals surface area (Å²) in [5.74, 6) is -4.10. The Balaban J connectivity index is 2.70. The normalized spacial score (nSPS) is 11.6. The van der Waals surface area contributed by atoms with Crippen molar-refractivity contribution in [3.05, 3.63) is 23.9 Å². The SMILES string of the molecule is NC(=S)c1ccnc(NCC(F)(F)C(F)F)c1. The molecule has 0 fully saturated rings. The summed E-state index contributed by atoms with van der Waals surface area (Å²) < 4.78 is 48.9. The molecule has 1 aromatic heterocycles. The quantitative estimate of drug-likeness (QED) is 0.633. The van der Waals surface area contributed by atoms with Gasteiger partial charge < -0.3 is 11.1 Å². The molecule has 8 heteroatoms. The fraction of sp³-hybridized carbons (Fsp3) is 0.333. The van der Waals surface area contributed by atoms with E-state index in [4.69, 9.17) is 5.73 Å². The summed E-state index contributed by atoms with van der Waals surface area (Å²) in [6, 6.07) is 2.79. The van der Waals surface area contributed by atoms with Gasteiger partial charge in [0.05, 0.1) is 6.54 Å². The molecule has 0 spiro atoms. The summed E-state index contributed by atoms with van der Waals surface area (Å²) in [7, 11) is 0. The number of hydrogen-bond acceptors (Lipinski definition) is 3. The summed E-state index contributed by atoms with van der Waals surface area (Å²) in [5.41, 5.74) is 5.74. The summed E-state index contributed by atoms with van der Waals surface area (Å²) in [6.07, 6.45) is -2.44. The lowest BCUT2D eigenvalue weighted by Crippen LogP contribution is -2.35. The van der Waals surface area contributed by atoms with E-state index < -0.39 is 18.9 Å². The molecule has 0 aromatic carbocycles. The lowest BCUT2D eigenvalue weighted by Gasteiger charge is -2.16. The van der Waals surface area contributed by atoms with Gasteiger partial charge in [-0.2, -0.15) is 8.78 Å². The van der Waals surface area contributed by atoms with E-state index in [1.807, 2.05) is 0 Å². The number of anilines is 1. The van der Waals surface area contributed by atoms with E-state index in [1.165, 1.54) is 18.3 Å². The molecule has 0 atom stereocenters. The second-order valence-electron chi connectivity index (χ2n) is 3.21. The minimum atomic E-state index is -4.11. The minimum absolute atomic E-state index is 0.00984. The first-order valence-electron chi connectivity index (χ1n) is 4.48. The van der Waals surface area contributed by atoms with Gasteiger partial charge in [0.15, 0.2) is 0 Å². The number of hydrogen-bond donors (Lipinski definition) is 2. The molecule has 0 aliphatic carbocycles. The first-order chi connectivity index (χ1) is 7.83. The van der Waals surface area contributed by atoms with Crippen molar-refractivity contribution >= 4 is 23.0 Å². The lowest BCUT2D eigenvalue weighted by atomic mass is 10.2. The van der Waals surface area contributed by atoms with Crippen LogP contribution in [0.5, 0.6) is 0 Å². The van der Waals surface area contributed by atoms with Gasteiger partial charge in [-0.15, -0.1) is 0 Å². The Morgan fingerprint density at radius 3 is 2.71 bits per heavy atom. The number of pyridine rings is 1. The smallest absolute Gasteiger partial charge is 0.324 e. The van der Waals surface area contributed by atoms with Crippen molar-refractivity contribution in [2.45, 2.75) is 12.3 Å². The summed E-state index contributed by atoms with van der Waals surface area (Å²) in [6.45, 7) is -1.21. The Hall–Kier alpha value is -1.44. The fourth-order valence-electron chi connectivity index (χ4n) is 0.966. The molecular weight excluding hydrogens is 258 g/mol. The molecule has 0 aliphatic rings. The summed E-state index contributed by atoms with van der Waals surface area (Å²) in [5, 5.41) is 2.11. The monoisotopic (exact) mass is 267 g/mol. The Morgan fingerprint density at radius 1 is 1.53 bits per heavy atom. The Bertz CT molecular complexity index is 411. The fourth-order valence-corrected chi connectivity index (χ4v) is 1.09. The average molecular weight is 267 g/mol. The number of alkyl halides is 4. The number of thiocarbonyl (C=S) groups is 1. The van der Waals surface area contributed by atoms with Crippen LogP contribution in [0, 0.1) is 0 Å². The maximum absolute atomic E-state index is 12.6. The van der Waals surface area contributed by atoms with E-state index in [9.17, 15) is 17.6 Å². The minimum Gasteiger partial charge on any atom is -0.389 e. The van der Waals surface area contributed by atoms with Crippen LogP contribution in [0.1, 0.15) is 5.56 Å². The third kappa shape index (κ3) is 3.81. The van der Waals surface area contributed by atoms with Gasteiger partial charge in [-0.1, -0.05) is 12.2 Å². The van der Waals surface area contributed by atoms with Crippen molar-refractivity contribution in [2.24, 2.45) is 5.73 Å². The number of nitrogens with two attached hydrogens (primary N) is 1. The lowest BCUT2D eigenvalue weighted by molar-refractivity contribution is -0.117. The predicted octanol–water partition coefficient (Wildman–Crippen LogP) is 2.03. The second-order valence-corrected chi connectivity index (χ2v) is 3.65. The van der Waals surface area contributed by atoms with Gasteiger partial charge in [0, 0.05) is 11.8 Å². The van der Waals surface area contributed by atoms with Crippen LogP contribution in [-0.4, -0.2) is 28.9 Å². The van der Waals surface area contributed by atoms with Crippen molar-refractivity contribution in [2.75, 3.05) is 11.9 Å². The molecule has 1 aromatic rings. The molecule has 0 saturated carbocycles. The highest BCUT2D eigenvalue weighted by Gasteiger charge is 2.40. The largest absolute Gasteiger partial charge is 0.389 e. The third-order valence-corrected chi connectivity index (χ3v) is 2.10. The number of nitrogens with zero attached hydrogens (tertiary/aromatic N) is 1. The predicted molar refractivity (Wildman–Crippen MR) is 59.6 cm³/mol. The first-order valence-corrected chi connectivity index (χ1v) is 4.89. The van der Waals surface area contributed by atoms with Gasteiger partial charge in [-0.25, -0.2) is 13.8 Å². The number of rotatable bonds is 5. The highest BCUT2D eigenvalue weighted by molar-refractivity contribution is 7.80. The summed E-state index contributed by atoms with van der Waals surface area (Å²) >= 11 is 4.67. The zero-order chi connectivity index (χ0) is 13.1. The maximum atomic E-state index is 12.6. The zero-order valence-corrected chi connectivity index (χ0v) is 9.28. The van der Waals surface area contributed by atoms with Crippen molar-refractivity contribution in [1.29, 1.82) is 0 Å². The van der Waals surface area contributed by atoms with E-state index in [0.29, 0.717) is 5.56 Å². The van der Waals surface area contributed by atoms with Gasteiger partial charge in [0.2, 0.25) is 0 Å². The highest BCUT2D eigenvalue weighted by atomic mass is 32.1. The molecule has 17 heavy (non-hydrogen) atoms. The third-order valence-electron chi connectivity index (χ3n) is 1.87. The van der Waals surface area contributed by atoms with E-state index in [2.05, 4.69) is 22.5 Å². The molecule has 94 valence electrons. The molecule has 0 saturated heterocycles. The van der Waals surface area contributed by atoms with Gasteiger partial charge >= 0.3 is 12.3 Å². The van der Waals surface area contributed by atoms with Crippen LogP contribution in [0.25, 0.3) is 0 Å². The second kappa shape index (κ2) is 5.26. The van der Waals surface area contributed by atoms with Crippen LogP contribution in [0.15, 0.2) is 18.3 Å². The van der Waals surface area contributed by atoms with E-state index >= 15 is 0 Å². The topological polar surface area (TPSA) is 50.9 Å². The van der Waals surface area contributed by atoms with Crippen molar-refractivity contribution in [1.82, 2.24) is 4.98 Å². The Kier molecular flexibility index (Phi) is 4.22. The first kappa shape index (κ1) is 13.6. The Morgan fingerprint density at radius 2 is 2.18 bits per heavy atom. The van der Waals surface area contributed by atoms with Crippen LogP contribution >= 0.6 is 12.2 Å². The molecule has 0 unspecified atom stereocenters. The molecule has 0 bridgehead atoms. The van der Waals surface area contributed by atoms with Gasteiger partial charge in [-0.3, -0.25) is 0 Å². The molecule has 0 amide bonds. The standard InChI is InChI=1S/C9H9F4N3S/c10-8(11)9(12,13)4-16-6-3-5(7(14)17)1-2-15-6/h1-3,8H,4H2,(H2,14,17)(H,15,16). The van der Waals surface area contributed by atoms with Crippen molar-refractivity contribution < 1.29 is 17.6 Å². The molecular formula is C9H9F4N3S. The molecule has 3 nitrogen and oxygen atoms in total. The van der Waals surface area contributed by atoms with Crippen molar-refractivity contribution in [3.63, 3.8) is 0 Å². The average Bonchev–Trinajstić information content (AvgIpc) is 2.26. The van der Waals surface area contributed by atoms with E-state index in [0.717, 1.165) is 0 Å². The van der Waals surface area contributed by atoms with Crippen molar-refractivity contribution in [3.8, 4) is 0 Å². The maximum Gasteiger partial charge on any atom is 0.324 e. The van der Waals surface area contributed by atoms with E-state index in [-0.39, 0.29) is 10.8 Å². The van der Waals surface area contributed by atoms with Gasteiger partial charge in [0.1, 0.15) is 10.8 Å². The Labute approximate surface area is 100 Å². The molecule has 0 aliphatic heterocycles. The van der Waals surface area contributed by atoms with Crippen LogP contribution < -0.4 is 11.1 Å². The van der Waals surface area contributed by atoms with Crippen LogP contribution in [0.3, 0.4) is 0 Å². The van der Waals surface area contributed by atoms with Crippen LogP contribution in [0.2, 0.25) is 0 Å². The molecule has 0 radical (unpaired) electrons. The number of nitrogens with one attached hydrogen (secondary N) is 1. The van der Waals surface area contributed by atoms with Gasteiger partial charge in [0.25, 0.3) is 0 Å². The number of aromatic nitrogens is 1. The number of halogens is 4. The molecule has 3 N–H and O–H groups in total.